The highest BCUT2D eigenvalue weighted by Crippen LogP contribution is 2.16. The minimum Gasteiger partial charge on any atom is -0.444 e. The van der Waals surface area contributed by atoms with E-state index in [4.69, 9.17) is 9.47 Å². The largest absolute Gasteiger partial charge is 0.444 e. The van der Waals surface area contributed by atoms with Gasteiger partial charge in [-0.25, -0.2) is 4.79 Å². The maximum atomic E-state index is 13.0. The molecule has 2 aromatic rings. The summed E-state index contributed by atoms with van der Waals surface area (Å²) >= 11 is 0. The van der Waals surface area contributed by atoms with Crippen LogP contribution in [0.1, 0.15) is 44.4 Å². The quantitative estimate of drug-likeness (QED) is 0.689. The summed E-state index contributed by atoms with van der Waals surface area (Å²) in [5.74, 6) is -0.369. The summed E-state index contributed by atoms with van der Waals surface area (Å²) < 4.78 is 11.2. The minimum absolute atomic E-state index is 0.325. The first kappa shape index (κ1) is 23.4. The lowest BCUT2D eigenvalue weighted by molar-refractivity contribution is -0.122. The molecule has 0 radical (unpaired) electrons. The predicted molar refractivity (Wildman–Crippen MR) is 118 cm³/mol. The summed E-state index contributed by atoms with van der Waals surface area (Å²) in [5.41, 5.74) is 3.05. The van der Waals surface area contributed by atoms with E-state index >= 15 is 0 Å². The topological polar surface area (TPSA) is 76.7 Å². The van der Waals surface area contributed by atoms with E-state index in [1.165, 1.54) is 0 Å². The van der Waals surface area contributed by atoms with Crippen molar-refractivity contribution in [3.05, 3.63) is 65.2 Å². The number of carbonyl (C=O) groups is 2. The van der Waals surface area contributed by atoms with E-state index in [0.717, 1.165) is 16.7 Å². The van der Waals surface area contributed by atoms with E-state index in [1.807, 2.05) is 62.4 Å². The molecule has 0 heterocycles. The normalized spacial score (nSPS) is 13.3. The molecule has 0 fully saturated rings. The van der Waals surface area contributed by atoms with E-state index in [2.05, 4.69) is 10.6 Å². The van der Waals surface area contributed by atoms with Crippen LogP contribution in [0, 0.1) is 13.8 Å². The Hall–Kier alpha value is -2.86. The second-order valence-corrected chi connectivity index (χ2v) is 8.49. The molecule has 2 aromatic carbocycles. The van der Waals surface area contributed by atoms with Crippen LogP contribution in [0.3, 0.4) is 0 Å². The van der Waals surface area contributed by atoms with E-state index in [-0.39, 0.29) is 5.91 Å². The standard InChI is InChI=1S/C24H32N2O4/c1-16-12-17(2)14-20(13-16)25-22(27)21(26-23(28)30-24(4,5)6)18(3)29-15-19-10-8-7-9-11-19/h7-14,18,21H,15H2,1-6H3,(H,25,27)(H,26,28)/t18-,21+/m1/s1. The van der Waals surface area contributed by atoms with Gasteiger partial charge in [0.15, 0.2) is 0 Å². The molecule has 2 rings (SSSR count). The average Bonchev–Trinajstić information content (AvgIpc) is 2.62. The van der Waals surface area contributed by atoms with E-state index < -0.39 is 23.8 Å². The first-order valence-corrected chi connectivity index (χ1v) is 10.1. The van der Waals surface area contributed by atoms with E-state index in [1.54, 1.807) is 27.7 Å². The predicted octanol–water partition coefficient (Wildman–Crippen LogP) is 4.74. The number of carbonyl (C=O) groups excluding carboxylic acids is 2. The zero-order chi connectivity index (χ0) is 22.3. The van der Waals surface area contributed by atoms with Crippen molar-refractivity contribution in [2.24, 2.45) is 0 Å². The van der Waals surface area contributed by atoms with Crippen molar-refractivity contribution in [3.63, 3.8) is 0 Å². The van der Waals surface area contributed by atoms with Gasteiger partial charge in [0, 0.05) is 5.69 Å². The molecule has 0 aliphatic carbocycles. The van der Waals surface area contributed by atoms with Gasteiger partial charge in [-0.1, -0.05) is 36.4 Å². The van der Waals surface area contributed by atoms with Crippen molar-refractivity contribution in [2.45, 2.75) is 65.9 Å². The molecule has 6 heteroatoms. The van der Waals surface area contributed by atoms with E-state index in [9.17, 15) is 9.59 Å². The number of aryl methyl sites for hydroxylation is 2. The highest BCUT2D eigenvalue weighted by atomic mass is 16.6. The molecule has 2 atom stereocenters. The molecule has 0 aliphatic rings. The fourth-order valence-electron chi connectivity index (χ4n) is 3.00. The molecule has 0 aromatic heterocycles. The van der Waals surface area contributed by atoms with Gasteiger partial charge in [-0.2, -0.15) is 0 Å². The number of benzene rings is 2. The van der Waals surface area contributed by atoms with Crippen molar-refractivity contribution < 1.29 is 19.1 Å². The second kappa shape index (κ2) is 10.3. The van der Waals surface area contributed by atoms with Gasteiger partial charge in [-0.05, 0) is 70.4 Å². The lowest BCUT2D eigenvalue weighted by Gasteiger charge is -2.27. The van der Waals surface area contributed by atoms with Crippen LogP contribution in [0.25, 0.3) is 0 Å². The van der Waals surface area contributed by atoms with Gasteiger partial charge in [0.1, 0.15) is 11.6 Å². The highest BCUT2D eigenvalue weighted by Gasteiger charge is 2.30. The molecule has 0 spiro atoms. The van der Waals surface area contributed by atoms with Crippen LogP contribution in [0.4, 0.5) is 10.5 Å². The van der Waals surface area contributed by atoms with Gasteiger partial charge in [-0.3, -0.25) is 4.79 Å². The number of hydrogen-bond acceptors (Lipinski definition) is 4. The SMILES string of the molecule is Cc1cc(C)cc(NC(=O)[C@@H](NC(=O)OC(C)(C)C)[C@@H](C)OCc2ccccc2)c1. The average molecular weight is 413 g/mol. The van der Waals surface area contributed by atoms with Gasteiger partial charge < -0.3 is 20.1 Å². The van der Waals surface area contributed by atoms with Crippen molar-refractivity contribution >= 4 is 17.7 Å². The summed E-state index contributed by atoms with van der Waals surface area (Å²) in [6, 6.07) is 14.5. The van der Waals surface area contributed by atoms with Crippen molar-refractivity contribution in [1.82, 2.24) is 5.32 Å². The molecule has 2 amide bonds. The first-order valence-electron chi connectivity index (χ1n) is 10.1. The molecule has 0 unspecified atom stereocenters. The third-order valence-corrected chi connectivity index (χ3v) is 4.27. The Morgan fingerprint density at radius 2 is 1.60 bits per heavy atom. The smallest absolute Gasteiger partial charge is 0.408 e. The number of alkyl carbamates (subject to hydrolysis) is 1. The van der Waals surface area contributed by atoms with Crippen LogP contribution in [0.15, 0.2) is 48.5 Å². The summed E-state index contributed by atoms with van der Waals surface area (Å²) in [4.78, 5) is 25.4. The second-order valence-electron chi connectivity index (χ2n) is 8.49. The van der Waals surface area contributed by atoms with Crippen LogP contribution in [0.5, 0.6) is 0 Å². The molecule has 30 heavy (non-hydrogen) atoms. The Morgan fingerprint density at radius 1 is 1.00 bits per heavy atom. The van der Waals surface area contributed by atoms with E-state index in [0.29, 0.717) is 12.3 Å². The molecular formula is C24H32N2O4. The van der Waals surface area contributed by atoms with Gasteiger partial charge in [0.25, 0.3) is 0 Å². The lowest BCUT2D eigenvalue weighted by Crippen LogP contribution is -2.52. The Balaban J connectivity index is 2.13. The lowest BCUT2D eigenvalue weighted by atomic mass is 10.1. The molecule has 0 bridgehead atoms. The highest BCUT2D eigenvalue weighted by molar-refractivity contribution is 5.97. The maximum Gasteiger partial charge on any atom is 0.408 e. The number of anilines is 1. The van der Waals surface area contributed by atoms with Crippen LogP contribution >= 0.6 is 0 Å². The Bertz CT molecular complexity index is 839. The summed E-state index contributed by atoms with van der Waals surface area (Å²) in [6.07, 6.45) is -1.25. The van der Waals surface area contributed by atoms with Gasteiger partial charge in [0.2, 0.25) is 5.91 Å². The molecule has 0 saturated heterocycles. The molecule has 162 valence electrons. The summed E-state index contributed by atoms with van der Waals surface area (Å²) in [5, 5.41) is 5.54. The monoisotopic (exact) mass is 412 g/mol. The summed E-state index contributed by atoms with van der Waals surface area (Å²) in [7, 11) is 0. The zero-order valence-corrected chi connectivity index (χ0v) is 18.6. The number of hydrogen-bond donors (Lipinski definition) is 2. The minimum atomic E-state index is -0.926. The molecule has 0 aliphatic heterocycles. The van der Waals surface area contributed by atoms with Gasteiger partial charge in [0.05, 0.1) is 12.7 Å². The maximum absolute atomic E-state index is 13.0. The fraction of sp³-hybridized carbons (Fsp3) is 0.417. The Morgan fingerprint density at radius 3 is 2.17 bits per heavy atom. The van der Waals surface area contributed by atoms with Crippen LogP contribution < -0.4 is 10.6 Å². The zero-order valence-electron chi connectivity index (χ0n) is 18.6. The Kier molecular flexibility index (Phi) is 8.00. The summed E-state index contributed by atoms with van der Waals surface area (Å²) in [6.45, 7) is 11.3. The number of nitrogens with one attached hydrogen (secondary N) is 2. The van der Waals surface area contributed by atoms with Gasteiger partial charge >= 0.3 is 6.09 Å². The van der Waals surface area contributed by atoms with Gasteiger partial charge in [-0.15, -0.1) is 0 Å². The fourth-order valence-corrected chi connectivity index (χ4v) is 3.00. The number of ether oxygens (including phenoxy) is 2. The third kappa shape index (κ3) is 7.87. The molecular weight excluding hydrogens is 380 g/mol. The molecule has 2 N–H and O–H groups in total. The third-order valence-electron chi connectivity index (χ3n) is 4.27. The van der Waals surface area contributed by atoms with Crippen molar-refractivity contribution in [1.29, 1.82) is 0 Å². The number of rotatable bonds is 7. The Labute approximate surface area is 179 Å². The first-order chi connectivity index (χ1) is 14.0. The van der Waals surface area contributed by atoms with Crippen LogP contribution in [-0.2, 0) is 20.9 Å². The van der Waals surface area contributed by atoms with Crippen molar-refractivity contribution in [3.8, 4) is 0 Å². The molecule has 0 saturated carbocycles. The van der Waals surface area contributed by atoms with Crippen molar-refractivity contribution in [2.75, 3.05) is 5.32 Å². The number of amides is 2. The molecule has 6 nitrogen and oxygen atoms in total. The van der Waals surface area contributed by atoms with Crippen LogP contribution in [-0.4, -0.2) is 29.7 Å². The van der Waals surface area contributed by atoms with Crippen LogP contribution in [0.2, 0.25) is 0 Å².